The van der Waals surface area contributed by atoms with Gasteiger partial charge in [-0.3, -0.25) is 14.4 Å². The second-order valence-electron chi connectivity index (χ2n) is 10.5. The van der Waals surface area contributed by atoms with Crippen LogP contribution >= 0.6 is 0 Å². The van der Waals surface area contributed by atoms with Gasteiger partial charge in [0.15, 0.2) is 0 Å². The summed E-state index contributed by atoms with van der Waals surface area (Å²) in [6.45, 7) is 3.69. The molecule has 3 rings (SSSR count). The fourth-order valence-electron chi connectivity index (χ4n) is 4.59. The molecule has 3 atom stereocenters. The highest BCUT2D eigenvalue weighted by molar-refractivity contribution is 5.93. The SMILES string of the molecule is CC(C)[C@H]1NC(=O)C(Cc2cccc(C(F)(F)F)c2)NCCOc2ccccc2CCCNC(=O)[C@H](CN=[N+]=[N-])NC1=O. The summed E-state index contributed by atoms with van der Waals surface area (Å²) in [6, 6.07) is 8.78. The molecule has 0 spiro atoms. The molecule has 4 N–H and O–H groups in total. The van der Waals surface area contributed by atoms with Gasteiger partial charge >= 0.3 is 6.18 Å². The molecule has 0 bridgehead atoms. The number of rotatable bonds is 5. The Morgan fingerprint density at radius 1 is 1.00 bits per heavy atom. The highest BCUT2D eigenvalue weighted by atomic mass is 19.4. The van der Waals surface area contributed by atoms with Crippen LogP contribution in [0.4, 0.5) is 13.2 Å². The van der Waals surface area contributed by atoms with Gasteiger partial charge in [0.1, 0.15) is 24.4 Å². The molecule has 11 nitrogen and oxygen atoms in total. The molecule has 1 heterocycles. The number of halogens is 3. The van der Waals surface area contributed by atoms with Gasteiger partial charge in [-0.05, 0) is 54.0 Å². The maximum atomic E-state index is 13.5. The van der Waals surface area contributed by atoms with Crippen LogP contribution in [-0.2, 0) is 33.4 Å². The lowest BCUT2D eigenvalue weighted by molar-refractivity contribution is -0.137. The predicted octanol–water partition coefficient (Wildman–Crippen LogP) is 3.28. The zero-order valence-corrected chi connectivity index (χ0v) is 24.0. The van der Waals surface area contributed by atoms with Crippen LogP contribution in [0.25, 0.3) is 10.4 Å². The lowest BCUT2D eigenvalue weighted by Crippen LogP contribution is -2.59. The minimum Gasteiger partial charge on any atom is -0.492 e. The Hall–Kier alpha value is -4.29. The van der Waals surface area contributed by atoms with Crippen LogP contribution in [-0.4, -0.2) is 62.1 Å². The molecule has 43 heavy (non-hydrogen) atoms. The van der Waals surface area contributed by atoms with Crippen molar-refractivity contribution in [3.63, 3.8) is 0 Å². The van der Waals surface area contributed by atoms with Crippen molar-refractivity contribution in [2.75, 3.05) is 26.2 Å². The fourth-order valence-corrected chi connectivity index (χ4v) is 4.59. The number of ether oxygens (including phenoxy) is 1. The first kappa shape index (κ1) is 33.2. The van der Waals surface area contributed by atoms with E-state index in [1.807, 2.05) is 18.2 Å². The molecule has 0 saturated heterocycles. The summed E-state index contributed by atoms with van der Waals surface area (Å²) in [4.78, 5) is 42.3. The Balaban J connectivity index is 1.91. The second-order valence-corrected chi connectivity index (χ2v) is 10.5. The number of fused-ring (bicyclic) bond motifs is 1. The van der Waals surface area contributed by atoms with Gasteiger partial charge in [0, 0.05) is 18.0 Å². The monoisotopic (exact) mass is 603 g/mol. The van der Waals surface area contributed by atoms with Gasteiger partial charge in [-0.2, -0.15) is 13.2 Å². The maximum Gasteiger partial charge on any atom is 0.416 e. The van der Waals surface area contributed by atoms with Crippen molar-refractivity contribution in [2.24, 2.45) is 11.0 Å². The summed E-state index contributed by atoms with van der Waals surface area (Å²) in [7, 11) is 0. The van der Waals surface area contributed by atoms with Gasteiger partial charge in [-0.25, -0.2) is 0 Å². The molecule has 0 saturated carbocycles. The molecule has 2 aromatic carbocycles. The number of carbonyl (C=O) groups is 3. The van der Waals surface area contributed by atoms with Gasteiger partial charge in [-0.15, -0.1) is 0 Å². The number of amides is 3. The van der Waals surface area contributed by atoms with Gasteiger partial charge < -0.3 is 26.0 Å². The van der Waals surface area contributed by atoms with E-state index < -0.39 is 53.5 Å². The number of nitrogens with one attached hydrogen (secondary N) is 4. The Labute approximate surface area is 247 Å². The van der Waals surface area contributed by atoms with E-state index in [1.54, 1.807) is 19.9 Å². The average Bonchev–Trinajstić information content (AvgIpc) is 2.97. The fraction of sp³-hybridized carbons (Fsp3) is 0.483. The van der Waals surface area contributed by atoms with Crippen molar-refractivity contribution in [1.29, 1.82) is 0 Å². The Bertz CT molecular complexity index is 1310. The normalized spacial score (nSPS) is 21.2. The number of alkyl halides is 3. The van der Waals surface area contributed by atoms with E-state index in [1.165, 1.54) is 12.1 Å². The first-order chi connectivity index (χ1) is 20.5. The van der Waals surface area contributed by atoms with Crippen molar-refractivity contribution in [3.8, 4) is 5.75 Å². The van der Waals surface area contributed by atoms with E-state index in [0.717, 1.165) is 17.7 Å². The van der Waals surface area contributed by atoms with E-state index in [-0.39, 0.29) is 31.7 Å². The number of nitrogens with zero attached hydrogens (tertiary/aromatic N) is 3. The smallest absolute Gasteiger partial charge is 0.416 e. The molecule has 3 amide bonds. The third kappa shape index (κ3) is 10.2. The topological polar surface area (TPSA) is 157 Å². The van der Waals surface area contributed by atoms with Gasteiger partial charge in [0.05, 0.1) is 18.2 Å². The van der Waals surface area contributed by atoms with Crippen molar-refractivity contribution >= 4 is 17.7 Å². The molecule has 232 valence electrons. The van der Waals surface area contributed by atoms with Crippen LogP contribution in [0.2, 0.25) is 0 Å². The number of carbonyl (C=O) groups excluding carboxylic acids is 3. The summed E-state index contributed by atoms with van der Waals surface area (Å²) in [5.74, 6) is -1.64. The molecule has 0 aromatic heterocycles. The highest BCUT2D eigenvalue weighted by Gasteiger charge is 2.33. The maximum absolute atomic E-state index is 13.5. The highest BCUT2D eigenvalue weighted by Crippen LogP contribution is 2.29. The van der Waals surface area contributed by atoms with Gasteiger partial charge in [0.25, 0.3) is 0 Å². The lowest BCUT2D eigenvalue weighted by Gasteiger charge is -2.27. The van der Waals surface area contributed by atoms with E-state index in [9.17, 15) is 27.6 Å². The second kappa shape index (κ2) is 15.8. The standard InChI is InChI=1S/C29H36F3N7O4/c1-18(2)25-28(42)37-23(17-36-39-33)26(40)35-12-6-9-20-8-3-4-11-24(20)43-14-13-34-22(27(41)38-25)16-19-7-5-10-21(15-19)29(30,31)32/h3-5,7-8,10-11,15,18,22-23,25,34H,6,9,12-14,16-17H2,1-2H3,(H,35,40)(H,37,42)(H,38,41)/t22?,23-,25+/m0/s1. The van der Waals surface area contributed by atoms with E-state index in [2.05, 4.69) is 31.3 Å². The van der Waals surface area contributed by atoms with Crippen LogP contribution in [0.5, 0.6) is 5.75 Å². The molecule has 2 aromatic rings. The predicted molar refractivity (Wildman–Crippen MR) is 153 cm³/mol. The molecule has 14 heteroatoms. The van der Waals surface area contributed by atoms with E-state index >= 15 is 0 Å². The molecule has 1 aliphatic heterocycles. The zero-order valence-electron chi connectivity index (χ0n) is 24.0. The van der Waals surface area contributed by atoms with Crippen molar-refractivity contribution in [2.45, 2.75) is 57.4 Å². The minimum absolute atomic E-state index is 0.0965. The number of aryl methyl sites for hydroxylation is 1. The molecule has 0 radical (unpaired) electrons. The summed E-state index contributed by atoms with van der Waals surface area (Å²) in [5.41, 5.74) is 9.12. The Morgan fingerprint density at radius 3 is 2.49 bits per heavy atom. The van der Waals surface area contributed by atoms with E-state index in [4.69, 9.17) is 10.3 Å². The van der Waals surface area contributed by atoms with Crippen molar-refractivity contribution in [1.82, 2.24) is 21.3 Å². The number of para-hydroxylation sites is 1. The van der Waals surface area contributed by atoms with E-state index in [0.29, 0.717) is 25.1 Å². The molecular formula is C29H36F3N7O4. The quantitative estimate of drug-likeness (QED) is 0.234. The molecule has 0 aliphatic carbocycles. The summed E-state index contributed by atoms with van der Waals surface area (Å²) in [5, 5.41) is 14.5. The summed E-state index contributed by atoms with van der Waals surface area (Å²) >= 11 is 0. The number of hydrogen-bond acceptors (Lipinski definition) is 6. The van der Waals surface area contributed by atoms with Gasteiger partial charge in [-0.1, -0.05) is 55.4 Å². The van der Waals surface area contributed by atoms with Crippen LogP contribution < -0.4 is 26.0 Å². The Kier molecular flexibility index (Phi) is 12.2. The summed E-state index contributed by atoms with van der Waals surface area (Å²) in [6.07, 6.45) is -3.51. The number of benzene rings is 2. The largest absolute Gasteiger partial charge is 0.492 e. The first-order valence-electron chi connectivity index (χ1n) is 14.0. The molecule has 1 unspecified atom stereocenters. The third-order valence-electron chi connectivity index (χ3n) is 6.86. The van der Waals surface area contributed by atoms with Crippen LogP contribution in [0.15, 0.2) is 53.6 Å². The van der Waals surface area contributed by atoms with Crippen molar-refractivity contribution in [3.05, 3.63) is 75.7 Å². The molecular weight excluding hydrogens is 567 g/mol. The minimum atomic E-state index is -4.55. The van der Waals surface area contributed by atoms with Crippen molar-refractivity contribution < 1.29 is 32.3 Å². The third-order valence-corrected chi connectivity index (χ3v) is 6.86. The average molecular weight is 604 g/mol. The first-order valence-corrected chi connectivity index (χ1v) is 14.0. The molecule has 0 fully saturated rings. The number of hydrogen-bond donors (Lipinski definition) is 4. The zero-order chi connectivity index (χ0) is 31.4. The van der Waals surface area contributed by atoms with Crippen LogP contribution in [0.1, 0.15) is 37.0 Å². The van der Waals surface area contributed by atoms with Crippen LogP contribution in [0, 0.1) is 5.92 Å². The molecule has 1 aliphatic rings. The summed E-state index contributed by atoms with van der Waals surface area (Å²) < 4.78 is 46.0. The lowest BCUT2D eigenvalue weighted by atomic mass is 9.99. The Morgan fingerprint density at radius 2 is 1.77 bits per heavy atom. The van der Waals surface area contributed by atoms with Gasteiger partial charge in [0.2, 0.25) is 17.7 Å². The van der Waals surface area contributed by atoms with Crippen LogP contribution in [0.3, 0.4) is 0 Å². The number of azide groups is 1.